The number of hydrogen-bond donors (Lipinski definition) is 1. The molecule has 0 radical (unpaired) electrons. The van der Waals surface area contributed by atoms with Gasteiger partial charge in [-0.15, -0.1) is 0 Å². The molecule has 0 aliphatic carbocycles. The molecule has 0 saturated carbocycles. The summed E-state index contributed by atoms with van der Waals surface area (Å²) in [5, 5.41) is 0. The summed E-state index contributed by atoms with van der Waals surface area (Å²) >= 11 is 0. The monoisotopic (exact) mass is 214 g/mol. The van der Waals surface area contributed by atoms with Gasteiger partial charge in [0, 0.05) is 0 Å². The SMILES string of the molecule is CCCc1cc(C)cc(S(=O)(=O)O)c1. The number of benzene rings is 1. The van der Waals surface area contributed by atoms with Crippen LogP contribution in [0.5, 0.6) is 0 Å². The first-order valence-corrected chi connectivity index (χ1v) is 5.95. The van der Waals surface area contributed by atoms with Crippen LogP contribution >= 0.6 is 0 Å². The molecule has 78 valence electrons. The Morgan fingerprint density at radius 2 is 1.93 bits per heavy atom. The lowest BCUT2D eigenvalue weighted by Gasteiger charge is -2.04. The van der Waals surface area contributed by atoms with Gasteiger partial charge in [-0.3, -0.25) is 4.55 Å². The molecule has 0 spiro atoms. The third-order valence-electron chi connectivity index (χ3n) is 1.95. The van der Waals surface area contributed by atoms with E-state index in [1.165, 1.54) is 12.1 Å². The number of hydrogen-bond acceptors (Lipinski definition) is 2. The Balaban J connectivity index is 3.21. The predicted octanol–water partition coefficient (Wildman–Crippen LogP) is 2.19. The molecule has 1 aromatic rings. The molecule has 0 saturated heterocycles. The highest BCUT2D eigenvalue weighted by molar-refractivity contribution is 7.85. The van der Waals surface area contributed by atoms with Gasteiger partial charge in [0.05, 0.1) is 4.90 Å². The van der Waals surface area contributed by atoms with E-state index in [1.54, 1.807) is 0 Å². The molecule has 0 amide bonds. The van der Waals surface area contributed by atoms with Crippen molar-refractivity contribution in [3.05, 3.63) is 29.3 Å². The van der Waals surface area contributed by atoms with Crippen LogP contribution in [-0.2, 0) is 16.5 Å². The fourth-order valence-electron chi connectivity index (χ4n) is 1.41. The minimum Gasteiger partial charge on any atom is -0.282 e. The van der Waals surface area contributed by atoms with E-state index in [4.69, 9.17) is 4.55 Å². The Hall–Kier alpha value is -0.870. The third-order valence-corrected chi connectivity index (χ3v) is 2.78. The standard InChI is InChI=1S/C10H14O3S/c1-3-4-9-5-8(2)6-10(7-9)14(11,12)13/h5-7H,3-4H2,1-2H3,(H,11,12,13). The molecule has 0 aliphatic heterocycles. The smallest absolute Gasteiger partial charge is 0.282 e. The van der Waals surface area contributed by atoms with Crippen LogP contribution < -0.4 is 0 Å². The van der Waals surface area contributed by atoms with Crippen LogP contribution in [0.1, 0.15) is 24.5 Å². The molecule has 0 fully saturated rings. The lowest BCUT2D eigenvalue weighted by Crippen LogP contribution is -2.00. The lowest BCUT2D eigenvalue weighted by atomic mass is 10.1. The first-order chi connectivity index (χ1) is 6.43. The van der Waals surface area contributed by atoms with Gasteiger partial charge < -0.3 is 0 Å². The second-order valence-corrected chi connectivity index (χ2v) is 4.80. The van der Waals surface area contributed by atoms with E-state index in [1.807, 2.05) is 19.9 Å². The second kappa shape index (κ2) is 4.11. The summed E-state index contributed by atoms with van der Waals surface area (Å²) in [6, 6.07) is 4.92. The van der Waals surface area contributed by atoms with Crippen LogP contribution in [0.3, 0.4) is 0 Å². The zero-order valence-electron chi connectivity index (χ0n) is 8.32. The highest BCUT2D eigenvalue weighted by atomic mass is 32.2. The van der Waals surface area contributed by atoms with Crippen molar-refractivity contribution in [1.82, 2.24) is 0 Å². The molecule has 14 heavy (non-hydrogen) atoms. The number of aryl methyl sites for hydroxylation is 2. The zero-order chi connectivity index (χ0) is 10.8. The van der Waals surface area contributed by atoms with Gasteiger partial charge in [-0.05, 0) is 36.6 Å². The van der Waals surface area contributed by atoms with Crippen molar-refractivity contribution in [2.75, 3.05) is 0 Å². The Morgan fingerprint density at radius 3 is 2.43 bits per heavy atom. The summed E-state index contributed by atoms with van der Waals surface area (Å²) in [7, 11) is -4.07. The van der Waals surface area contributed by atoms with E-state index in [9.17, 15) is 8.42 Å². The van der Waals surface area contributed by atoms with Crippen LogP contribution in [0.2, 0.25) is 0 Å². The van der Waals surface area contributed by atoms with Crippen LogP contribution in [-0.4, -0.2) is 13.0 Å². The van der Waals surface area contributed by atoms with Crippen molar-refractivity contribution >= 4 is 10.1 Å². The predicted molar refractivity (Wildman–Crippen MR) is 55.0 cm³/mol. The summed E-state index contributed by atoms with van der Waals surface area (Å²) in [5.74, 6) is 0. The molecular weight excluding hydrogens is 200 g/mol. The van der Waals surface area contributed by atoms with E-state index < -0.39 is 10.1 Å². The summed E-state index contributed by atoms with van der Waals surface area (Å²) in [6.45, 7) is 3.84. The second-order valence-electron chi connectivity index (χ2n) is 3.38. The maximum absolute atomic E-state index is 10.9. The molecule has 0 aliphatic rings. The van der Waals surface area contributed by atoms with Crippen molar-refractivity contribution in [1.29, 1.82) is 0 Å². The quantitative estimate of drug-likeness (QED) is 0.785. The van der Waals surface area contributed by atoms with E-state index in [0.29, 0.717) is 0 Å². The Bertz CT molecular complexity index is 421. The van der Waals surface area contributed by atoms with Gasteiger partial charge in [0.2, 0.25) is 0 Å². The summed E-state index contributed by atoms with van der Waals surface area (Å²) in [5.41, 5.74) is 1.80. The molecule has 0 aromatic heterocycles. The van der Waals surface area contributed by atoms with Crippen molar-refractivity contribution in [2.45, 2.75) is 31.6 Å². The highest BCUT2D eigenvalue weighted by Gasteiger charge is 2.10. The minimum absolute atomic E-state index is 0.0130. The van der Waals surface area contributed by atoms with Gasteiger partial charge in [-0.1, -0.05) is 19.4 Å². The van der Waals surface area contributed by atoms with E-state index in [0.717, 1.165) is 24.0 Å². The molecule has 1 N–H and O–H groups in total. The fourth-order valence-corrected chi connectivity index (χ4v) is 2.04. The van der Waals surface area contributed by atoms with E-state index in [-0.39, 0.29) is 4.90 Å². The van der Waals surface area contributed by atoms with Gasteiger partial charge in [0.25, 0.3) is 10.1 Å². The topological polar surface area (TPSA) is 54.4 Å². The molecule has 4 heteroatoms. The maximum atomic E-state index is 10.9. The average molecular weight is 214 g/mol. The lowest BCUT2D eigenvalue weighted by molar-refractivity contribution is 0.483. The van der Waals surface area contributed by atoms with Crippen molar-refractivity contribution in [3.8, 4) is 0 Å². The van der Waals surface area contributed by atoms with Crippen molar-refractivity contribution in [2.24, 2.45) is 0 Å². The minimum atomic E-state index is -4.07. The van der Waals surface area contributed by atoms with Gasteiger partial charge in [-0.25, -0.2) is 0 Å². The van der Waals surface area contributed by atoms with E-state index in [2.05, 4.69) is 0 Å². The molecule has 3 nitrogen and oxygen atoms in total. The summed E-state index contributed by atoms with van der Waals surface area (Å²) in [4.78, 5) is -0.0130. The highest BCUT2D eigenvalue weighted by Crippen LogP contribution is 2.15. The molecule has 0 unspecified atom stereocenters. The molecule has 1 rings (SSSR count). The third kappa shape index (κ3) is 2.82. The fraction of sp³-hybridized carbons (Fsp3) is 0.400. The molecule has 0 bridgehead atoms. The Kier molecular flexibility index (Phi) is 3.29. The maximum Gasteiger partial charge on any atom is 0.294 e. The van der Waals surface area contributed by atoms with Crippen molar-refractivity contribution in [3.63, 3.8) is 0 Å². The number of rotatable bonds is 3. The normalized spacial score (nSPS) is 11.6. The van der Waals surface area contributed by atoms with Gasteiger partial charge in [-0.2, -0.15) is 8.42 Å². The van der Waals surface area contributed by atoms with Crippen molar-refractivity contribution < 1.29 is 13.0 Å². The average Bonchev–Trinajstić information content (AvgIpc) is 2.02. The Labute approximate surface area is 84.5 Å². The molecule has 1 aromatic carbocycles. The zero-order valence-corrected chi connectivity index (χ0v) is 9.13. The molecular formula is C10H14O3S. The van der Waals surface area contributed by atoms with Crippen LogP contribution in [0.4, 0.5) is 0 Å². The van der Waals surface area contributed by atoms with Crippen LogP contribution in [0.15, 0.2) is 23.1 Å². The molecule has 0 heterocycles. The van der Waals surface area contributed by atoms with Crippen LogP contribution in [0, 0.1) is 6.92 Å². The van der Waals surface area contributed by atoms with Gasteiger partial charge >= 0.3 is 0 Å². The van der Waals surface area contributed by atoms with Gasteiger partial charge in [0.1, 0.15) is 0 Å². The summed E-state index contributed by atoms with van der Waals surface area (Å²) in [6.07, 6.45) is 1.78. The first kappa shape index (κ1) is 11.2. The largest absolute Gasteiger partial charge is 0.294 e. The van der Waals surface area contributed by atoms with E-state index >= 15 is 0 Å². The summed E-state index contributed by atoms with van der Waals surface area (Å²) < 4.78 is 30.7. The van der Waals surface area contributed by atoms with Crippen LogP contribution in [0.25, 0.3) is 0 Å². The first-order valence-electron chi connectivity index (χ1n) is 4.51. The molecule has 0 atom stereocenters. The Morgan fingerprint density at radius 1 is 1.29 bits per heavy atom. The van der Waals surface area contributed by atoms with Gasteiger partial charge in [0.15, 0.2) is 0 Å².